The van der Waals surface area contributed by atoms with Crippen LogP contribution in [-0.4, -0.2) is 28.3 Å². The molecule has 108 valence electrons. The molecular weight excluding hydrogens is 248 g/mol. The van der Waals surface area contributed by atoms with Crippen LogP contribution in [0.4, 0.5) is 0 Å². The van der Waals surface area contributed by atoms with Crippen molar-refractivity contribution >= 4 is 5.78 Å². The molecule has 1 saturated heterocycles. The highest BCUT2D eigenvalue weighted by atomic mass is 16.1. The molecule has 0 bridgehead atoms. The van der Waals surface area contributed by atoms with Gasteiger partial charge in [-0.2, -0.15) is 0 Å². The van der Waals surface area contributed by atoms with Gasteiger partial charge in [-0.3, -0.25) is 14.7 Å². The Kier molecular flexibility index (Phi) is 4.16. The maximum atomic E-state index is 12.2. The molecule has 3 heteroatoms. The van der Waals surface area contributed by atoms with E-state index in [0.29, 0.717) is 17.7 Å². The van der Waals surface area contributed by atoms with Crippen molar-refractivity contribution in [2.75, 3.05) is 6.54 Å². The maximum Gasteiger partial charge on any atom is 0.137 e. The van der Waals surface area contributed by atoms with E-state index in [0.717, 1.165) is 32.4 Å². The van der Waals surface area contributed by atoms with Gasteiger partial charge in [-0.15, -0.1) is 0 Å². The number of ketones is 1. The van der Waals surface area contributed by atoms with Crippen molar-refractivity contribution in [1.82, 2.24) is 9.88 Å². The lowest BCUT2D eigenvalue weighted by atomic mass is 9.82. The molecule has 1 aliphatic heterocycles. The Hall–Kier alpha value is -1.22. The Balaban J connectivity index is 1.70. The van der Waals surface area contributed by atoms with E-state index >= 15 is 0 Å². The molecule has 1 aromatic heterocycles. The van der Waals surface area contributed by atoms with E-state index in [1.165, 1.54) is 30.4 Å². The van der Waals surface area contributed by atoms with Crippen LogP contribution in [0.3, 0.4) is 0 Å². The van der Waals surface area contributed by atoms with E-state index in [-0.39, 0.29) is 0 Å². The van der Waals surface area contributed by atoms with Crippen molar-refractivity contribution in [3.05, 3.63) is 29.6 Å². The molecule has 0 spiro atoms. The molecule has 1 aliphatic carbocycles. The summed E-state index contributed by atoms with van der Waals surface area (Å²) in [6.07, 6.45) is 10.5. The number of carbonyl (C=O) groups is 1. The minimum atomic E-state index is 0.295. The van der Waals surface area contributed by atoms with Gasteiger partial charge in [0.2, 0.25) is 0 Å². The van der Waals surface area contributed by atoms with Gasteiger partial charge in [0.05, 0.1) is 0 Å². The lowest BCUT2D eigenvalue weighted by molar-refractivity contribution is -0.126. The number of rotatable bonds is 3. The molecule has 1 aromatic rings. The number of likely N-dealkylation sites (tertiary alicyclic amines) is 1. The predicted molar refractivity (Wildman–Crippen MR) is 79.4 cm³/mol. The molecule has 2 aliphatic rings. The average Bonchev–Trinajstić information content (AvgIpc) is 2.87. The zero-order valence-electron chi connectivity index (χ0n) is 12.3. The fourth-order valence-electron chi connectivity index (χ4n) is 3.86. The van der Waals surface area contributed by atoms with Gasteiger partial charge in [-0.1, -0.05) is 12.5 Å². The van der Waals surface area contributed by atoms with Crippen LogP contribution >= 0.6 is 0 Å². The molecule has 0 radical (unpaired) electrons. The van der Waals surface area contributed by atoms with Crippen LogP contribution < -0.4 is 0 Å². The third-order valence-corrected chi connectivity index (χ3v) is 4.80. The molecule has 2 heterocycles. The zero-order chi connectivity index (χ0) is 13.9. The van der Waals surface area contributed by atoms with Crippen molar-refractivity contribution in [2.24, 2.45) is 5.92 Å². The number of aryl methyl sites for hydroxylation is 1. The van der Waals surface area contributed by atoms with Crippen molar-refractivity contribution in [1.29, 1.82) is 0 Å². The molecule has 2 unspecified atom stereocenters. The number of Topliss-reactive ketones (excluding diaryl/α,β-unsaturated/α-hetero) is 1. The van der Waals surface area contributed by atoms with Gasteiger partial charge in [-0.25, -0.2) is 0 Å². The van der Waals surface area contributed by atoms with E-state index < -0.39 is 0 Å². The second kappa shape index (κ2) is 6.04. The number of hydrogen-bond acceptors (Lipinski definition) is 3. The zero-order valence-corrected chi connectivity index (χ0v) is 12.3. The molecule has 20 heavy (non-hydrogen) atoms. The summed E-state index contributed by atoms with van der Waals surface area (Å²) in [5.41, 5.74) is 2.49. The van der Waals surface area contributed by atoms with Gasteiger partial charge in [0.1, 0.15) is 5.78 Å². The van der Waals surface area contributed by atoms with E-state index in [4.69, 9.17) is 0 Å². The Labute approximate surface area is 121 Å². The minimum Gasteiger partial charge on any atom is -0.299 e. The first-order valence-corrected chi connectivity index (χ1v) is 7.91. The highest BCUT2D eigenvalue weighted by molar-refractivity contribution is 5.82. The van der Waals surface area contributed by atoms with E-state index in [9.17, 15) is 4.79 Å². The van der Waals surface area contributed by atoms with Crippen LogP contribution in [0.25, 0.3) is 0 Å². The number of pyridine rings is 1. The monoisotopic (exact) mass is 272 g/mol. The molecule has 0 amide bonds. The number of hydrogen-bond donors (Lipinski definition) is 0. The molecule has 2 atom stereocenters. The second-order valence-corrected chi connectivity index (χ2v) is 6.37. The Morgan fingerprint density at radius 3 is 2.95 bits per heavy atom. The van der Waals surface area contributed by atoms with Gasteiger partial charge in [0.25, 0.3) is 0 Å². The van der Waals surface area contributed by atoms with Crippen molar-refractivity contribution in [2.45, 2.75) is 58.0 Å². The maximum absolute atomic E-state index is 12.2. The first-order valence-electron chi connectivity index (χ1n) is 7.91. The first kappa shape index (κ1) is 13.7. The fourth-order valence-corrected chi connectivity index (χ4v) is 3.86. The Morgan fingerprint density at radius 1 is 1.25 bits per heavy atom. The molecule has 1 saturated carbocycles. The summed E-state index contributed by atoms with van der Waals surface area (Å²) in [6, 6.07) is 2.69. The standard InChI is InChI=1S/C17H24N2O/c1-13-9-14(11-18-10-13)12-19-8-4-6-16(19)15-5-2-3-7-17(15)20/h9-11,15-16H,2-8,12H2,1H3. The highest BCUT2D eigenvalue weighted by Gasteiger charge is 2.36. The summed E-state index contributed by atoms with van der Waals surface area (Å²) in [5.74, 6) is 0.805. The molecule has 0 N–H and O–H groups in total. The summed E-state index contributed by atoms with van der Waals surface area (Å²) in [7, 11) is 0. The largest absolute Gasteiger partial charge is 0.299 e. The van der Waals surface area contributed by atoms with Crippen molar-refractivity contribution < 1.29 is 4.79 Å². The van der Waals surface area contributed by atoms with Crippen LogP contribution in [0.2, 0.25) is 0 Å². The lowest BCUT2D eigenvalue weighted by Crippen LogP contribution is -2.40. The van der Waals surface area contributed by atoms with Crippen LogP contribution in [0, 0.1) is 12.8 Å². The minimum absolute atomic E-state index is 0.295. The predicted octanol–water partition coefficient (Wildman–Crippen LogP) is 3.11. The number of aromatic nitrogens is 1. The van der Waals surface area contributed by atoms with Gasteiger partial charge >= 0.3 is 0 Å². The van der Waals surface area contributed by atoms with E-state index in [1.807, 2.05) is 12.4 Å². The SMILES string of the molecule is Cc1cncc(CN2CCCC2C2CCCCC2=O)c1. The van der Waals surface area contributed by atoms with Crippen LogP contribution in [-0.2, 0) is 11.3 Å². The van der Waals surface area contributed by atoms with Crippen LogP contribution in [0.1, 0.15) is 49.7 Å². The molecule has 3 rings (SSSR count). The Bertz CT molecular complexity index is 486. The summed E-state index contributed by atoms with van der Waals surface area (Å²) in [5, 5.41) is 0. The van der Waals surface area contributed by atoms with Crippen LogP contribution in [0.15, 0.2) is 18.5 Å². The average molecular weight is 272 g/mol. The normalized spacial score (nSPS) is 27.9. The fraction of sp³-hybridized carbons (Fsp3) is 0.647. The molecule has 3 nitrogen and oxygen atoms in total. The van der Waals surface area contributed by atoms with Gasteiger partial charge < -0.3 is 0 Å². The van der Waals surface area contributed by atoms with Gasteiger partial charge in [-0.05, 0) is 50.3 Å². The smallest absolute Gasteiger partial charge is 0.137 e. The summed E-state index contributed by atoms with van der Waals surface area (Å²) >= 11 is 0. The first-order chi connectivity index (χ1) is 9.74. The summed E-state index contributed by atoms with van der Waals surface area (Å²) in [6.45, 7) is 4.16. The van der Waals surface area contributed by atoms with E-state index in [1.54, 1.807) is 0 Å². The van der Waals surface area contributed by atoms with Crippen LogP contribution in [0.5, 0.6) is 0 Å². The highest BCUT2D eigenvalue weighted by Crippen LogP contribution is 2.33. The summed E-state index contributed by atoms with van der Waals surface area (Å²) < 4.78 is 0. The van der Waals surface area contributed by atoms with E-state index in [2.05, 4.69) is 22.9 Å². The Morgan fingerprint density at radius 2 is 2.15 bits per heavy atom. The summed E-state index contributed by atoms with van der Waals surface area (Å²) in [4.78, 5) is 19.0. The molecule has 0 aromatic carbocycles. The van der Waals surface area contributed by atoms with Gasteiger partial charge in [0, 0.05) is 37.3 Å². The third kappa shape index (κ3) is 2.93. The third-order valence-electron chi connectivity index (χ3n) is 4.80. The van der Waals surface area contributed by atoms with Crippen molar-refractivity contribution in [3.8, 4) is 0 Å². The van der Waals surface area contributed by atoms with Gasteiger partial charge in [0.15, 0.2) is 0 Å². The molecule has 2 fully saturated rings. The van der Waals surface area contributed by atoms with Crippen molar-refractivity contribution in [3.63, 3.8) is 0 Å². The number of nitrogens with zero attached hydrogens (tertiary/aromatic N) is 2. The number of carbonyl (C=O) groups excluding carboxylic acids is 1. The lowest BCUT2D eigenvalue weighted by Gasteiger charge is -2.33. The topological polar surface area (TPSA) is 33.2 Å². The molecular formula is C17H24N2O. The second-order valence-electron chi connectivity index (χ2n) is 6.37. The quantitative estimate of drug-likeness (QED) is 0.847.